The van der Waals surface area contributed by atoms with E-state index in [2.05, 4.69) is 4.98 Å². The summed E-state index contributed by atoms with van der Waals surface area (Å²) in [5.74, 6) is 1.86. The molecule has 22 heavy (non-hydrogen) atoms. The number of Topliss-reactive ketones (excluding diaryl/α,β-unsaturated/α-hetero) is 1. The molecule has 0 bridgehead atoms. The molecule has 3 aromatic heterocycles. The lowest BCUT2D eigenvalue weighted by Crippen LogP contribution is -2.04. The van der Waals surface area contributed by atoms with Crippen LogP contribution in [0.15, 0.2) is 64.9 Å². The smallest absolute Gasteiger partial charge is 0.174 e. The number of thioether (sulfide) groups is 1. The van der Waals surface area contributed by atoms with Gasteiger partial charge < -0.3 is 4.42 Å². The van der Waals surface area contributed by atoms with Crippen LogP contribution in [0.25, 0.3) is 0 Å². The molecule has 1 unspecified atom stereocenters. The maximum absolute atomic E-state index is 12.4. The van der Waals surface area contributed by atoms with Crippen LogP contribution in [-0.4, -0.2) is 10.8 Å². The van der Waals surface area contributed by atoms with Gasteiger partial charge in [-0.05, 0) is 41.3 Å². The third-order valence-electron chi connectivity index (χ3n) is 3.25. The molecule has 0 aliphatic rings. The standard InChI is InChI=1S/C17H15NO2S2/c19-15(16-4-2-10-21-16)11-17(13-5-7-18-8-6-13)22-12-14-3-1-9-20-14/h1-10,17H,11-12H2. The minimum Gasteiger partial charge on any atom is -0.468 e. The molecule has 5 heteroatoms. The summed E-state index contributed by atoms with van der Waals surface area (Å²) in [4.78, 5) is 17.3. The Morgan fingerprint density at radius 2 is 2.09 bits per heavy atom. The maximum Gasteiger partial charge on any atom is 0.174 e. The van der Waals surface area contributed by atoms with Crippen molar-refractivity contribution in [3.8, 4) is 0 Å². The highest BCUT2D eigenvalue weighted by atomic mass is 32.2. The number of carbonyl (C=O) groups excluding carboxylic acids is 1. The zero-order valence-corrected chi connectivity index (χ0v) is 13.5. The Morgan fingerprint density at radius 1 is 1.23 bits per heavy atom. The number of pyridine rings is 1. The number of hydrogen-bond acceptors (Lipinski definition) is 5. The van der Waals surface area contributed by atoms with Crippen LogP contribution in [0.1, 0.15) is 32.7 Å². The normalized spacial score (nSPS) is 12.2. The number of ketones is 1. The van der Waals surface area contributed by atoms with Gasteiger partial charge in [-0.15, -0.1) is 23.1 Å². The van der Waals surface area contributed by atoms with Crippen molar-refractivity contribution in [1.82, 2.24) is 4.98 Å². The number of nitrogens with zero attached hydrogens (tertiary/aromatic N) is 1. The molecular formula is C17H15NO2S2. The van der Waals surface area contributed by atoms with E-state index < -0.39 is 0 Å². The fraction of sp³-hybridized carbons (Fsp3) is 0.176. The molecule has 0 aromatic carbocycles. The number of thiophene rings is 1. The van der Waals surface area contributed by atoms with Crippen molar-refractivity contribution >= 4 is 28.9 Å². The summed E-state index contributed by atoms with van der Waals surface area (Å²) in [6.07, 6.45) is 5.70. The van der Waals surface area contributed by atoms with Crippen molar-refractivity contribution in [3.05, 3.63) is 76.6 Å². The van der Waals surface area contributed by atoms with Crippen LogP contribution in [0.2, 0.25) is 0 Å². The molecule has 3 aromatic rings. The second kappa shape index (κ2) is 7.42. The molecular weight excluding hydrogens is 314 g/mol. The Labute approximate surface area is 137 Å². The predicted molar refractivity (Wildman–Crippen MR) is 90.2 cm³/mol. The van der Waals surface area contributed by atoms with Gasteiger partial charge in [-0.25, -0.2) is 0 Å². The van der Waals surface area contributed by atoms with Gasteiger partial charge in [0.15, 0.2) is 5.78 Å². The van der Waals surface area contributed by atoms with Crippen molar-refractivity contribution < 1.29 is 9.21 Å². The molecule has 0 saturated carbocycles. The highest BCUT2D eigenvalue weighted by Crippen LogP contribution is 2.35. The second-order valence-corrected chi connectivity index (χ2v) is 6.90. The Balaban J connectivity index is 1.72. The van der Waals surface area contributed by atoms with Crippen LogP contribution in [-0.2, 0) is 5.75 Å². The summed E-state index contributed by atoms with van der Waals surface area (Å²) >= 11 is 3.21. The summed E-state index contributed by atoms with van der Waals surface area (Å²) in [6, 6.07) is 11.6. The molecule has 3 rings (SSSR count). The van der Waals surface area contributed by atoms with Gasteiger partial charge in [-0.1, -0.05) is 6.07 Å². The molecule has 0 radical (unpaired) electrons. The fourth-order valence-corrected chi connectivity index (χ4v) is 3.96. The lowest BCUT2D eigenvalue weighted by Gasteiger charge is -2.15. The number of rotatable bonds is 7. The summed E-state index contributed by atoms with van der Waals surface area (Å²) in [6.45, 7) is 0. The van der Waals surface area contributed by atoms with E-state index in [-0.39, 0.29) is 11.0 Å². The average molecular weight is 329 g/mol. The Bertz CT molecular complexity index is 694. The number of furan rings is 1. The fourth-order valence-electron chi connectivity index (χ4n) is 2.13. The molecule has 0 aliphatic carbocycles. The molecule has 0 fully saturated rings. The van der Waals surface area contributed by atoms with Crippen molar-refractivity contribution in [2.75, 3.05) is 0 Å². The molecule has 0 spiro atoms. The van der Waals surface area contributed by atoms with Gasteiger partial charge >= 0.3 is 0 Å². The van der Waals surface area contributed by atoms with Gasteiger partial charge in [-0.2, -0.15) is 0 Å². The largest absolute Gasteiger partial charge is 0.468 e. The third-order valence-corrected chi connectivity index (χ3v) is 5.45. The Hall–Kier alpha value is -1.85. The first kappa shape index (κ1) is 15.1. The monoisotopic (exact) mass is 329 g/mol. The zero-order chi connectivity index (χ0) is 15.2. The van der Waals surface area contributed by atoms with Gasteiger partial charge in [0.05, 0.1) is 16.9 Å². The van der Waals surface area contributed by atoms with Crippen LogP contribution < -0.4 is 0 Å². The van der Waals surface area contributed by atoms with Gasteiger partial charge in [-0.3, -0.25) is 9.78 Å². The van der Waals surface area contributed by atoms with E-state index >= 15 is 0 Å². The quantitative estimate of drug-likeness (QED) is 0.573. The molecule has 112 valence electrons. The number of hydrogen-bond donors (Lipinski definition) is 0. The van der Waals surface area contributed by atoms with Crippen molar-refractivity contribution in [2.24, 2.45) is 0 Å². The number of aromatic nitrogens is 1. The molecule has 3 heterocycles. The van der Waals surface area contributed by atoms with Crippen molar-refractivity contribution in [2.45, 2.75) is 17.4 Å². The lowest BCUT2D eigenvalue weighted by molar-refractivity contribution is 0.0986. The minimum absolute atomic E-state index is 0.0997. The molecule has 0 amide bonds. The third kappa shape index (κ3) is 3.87. The van der Waals surface area contributed by atoms with Crippen LogP contribution >= 0.6 is 23.1 Å². The number of carbonyl (C=O) groups is 1. The van der Waals surface area contributed by atoms with E-state index in [4.69, 9.17) is 4.42 Å². The first-order valence-electron chi connectivity index (χ1n) is 6.93. The van der Waals surface area contributed by atoms with Crippen LogP contribution in [0.4, 0.5) is 0 Å². The van der Waals surface area contributed by atoms with Gasteiger partial charge in [0, 0.05) is 24.1 Å². The van der Waals surface area contributed by atoms with E-state index in [9.17, 15) is 4.79 Å². The van der Waals surface area contributed by atoms with Gasteiger partial charge in [0.2, 0.25) is 0 Å². The van der Waals surface area contributed by atoms with Crippen LogP contribution in [0.3, 0.4) is 0 Å². The summed E-state index contributed by atoms with van der Waals surface area (Å²) in [7, 11) is 0. The van der Waals surface area contributed by atoms with E-state index in [1.54, 1.807) is 30.4 Å². The first-order valence-corrected chi connectivity index (χ1v) is 8.86. The highest BCUT2D eigenvalue weighted by molar-refractivity contribution is 7.98. The molecule has 0 N–H and O–H groups in total. The SMILES string of the molecule is O=C(CC(SCc1ccco1)c1ccncc1)c1cccs1. The topological polar surface area (TPSA) is 43.1 Å². The highest BCUT2D eigenvalue weighted by Gasteiger charge is 2.19. The van der Waals surface area contributed by atoms with E-state index in [1.165, 1.54) is 11.3 Å². The molecule has 1 atom stereocenters. The molecule has 0 aliphatic heterocycles. The summed E-state index contributed by atoms with van der Waals surface area (Å²) in [5, 5.41) is 2.03. The van der Waals surface area contributed by atoms with E-state index in [0.29, 0.717) is 6.42 Å². The predicted octanol–water partition coefficient (Wildman–Crippen LogP) is 4.98. The zero-order valence-electron chi connectivity index (χ0n) is 11.8. The van der Waals surface area contributed by atoms with Crippen LogP contribution in [0.5, 0.6) is 0 Å². The Kier molecular flexibility index (Phi) is 5.08. The van der Waals surface area contributed by atoms with Gasteiger partial charge in [0.1, 0.15) is 5.76 Å². The van der Waals surface area contributed by atoms with Crippen molar-refractivity contribution in [1.29, 1.82) is 0 Å². The minimum atomic E-state index is 0.0997. The summed E-state index contributed by atoms with van der Waals surface area (Å²) < 4.78 is 5.38. The van der Waals surface area contributed by atoms with E-state index in [1.807, 2.05) is 41.8 Å². The maximum atomic E-state index is 12.4. The van der Waals surface area contributed by atoms with Crippen molar-refractivity contribution in [3.63, 3.8) is 0 Å². The van der Waals surface area contributed by atoms with E-state index in [0.717, 1.165) is 22.0 Å². The Morgan fingerprint density at radius 3 is 2.77 bits per heavy atom. The molecule has 3 nitrogen and oxygen atoms in total. The average Bonchev–Trinajstić information content (AvgIpc) is 3.25. The summed E-state index contributed by atoms with van der Waals surface area (Å²) in [5.41, 5.74) is 1.12. The second-order valence-electron chi connectivity index (χ2n) is 4.76. The van der Waals surface area contributed by atoms with Gasteiger partial charge in [0.25, 0.3) is 0 Å². The first-order chi connectivity index (χ1) is 10.8. The van der Waals surface area contributed by atoms with Crippen LogP contribution in [0, 0.1) is 0 Å². The molecule has 0 saturated heterocycles. The lowest BCUT2D eigenvalue weighted by atomic mass is 10.1.